The van der Waals surface area contributed by atoms with Crippen molar-refractivity contribution in [2.24, 2.45) is 5.92 Å². The Kier molecular flexibility index (Phi) is 6.12. The molecule has 33 heavy (non-hydrogen) atoms. The summed E-state index contributed by atoms with van der Waals surface area (Å²) in [7, 11) is -2.14. The van der Waals surface area contributed by atoms with Gasteiger partial charge in [-0.05, 0) is 80.6 Å². The third-order valence-corrected chi connectivity index (χ3v) is 7.70. The predicted octanol–water partition coefficient (Wildman–Crippen LogP) is 4.94. The van der Waals surface area contributed by atoms with Gasteiger partial charge in [-0.25, -0.2) is 8.42 Å². The van der Waals surface area contributed by atoms with Crippen LogP contribution < -0.4 is 9.62 Å². The average molecular weight is 466 g/mol. The van der Waals surface area contributed by atoms with E-state index < -0.39 is 10.0 Å². The van der Waals surface area contributed by atoms with Gasteiger partial charge in [0, 0.05) is 13.0 Å². The van der Waals surface area contributed by atoms with E-state index in [1.54, 1.807) is 56.5 Å². The molecule has 4 rings (SSSR count). The number of hydrogen-bond donors (Lipinski definition) is 1. The van der Waals surface area contributed by atoms with Crippen molar-refractivity contribution in [1.82, 2.24) is 5.16 Å². The van der Waals surface area contributed by atoms with E-state index in [0.29, 0.717) is 22.8 Å². The molecule has 0 unspecified atom stereocenters. The number of aromatic nitrogens is 1. The molecule has 1 aliphatic rings. The van der Waals surface area contributed by atoms with Crippen LogP contribution in [0.25, 0.3) is 12.2 Å². The molecule has 7 nitrogen and oxygen atoms in total. The van der Waals surface area contributed by atoms with Crippen molar-refractivity contribution in [1.29, 1.82) is 0 Å². The number of amides is 1. The van der Waals surface area contributed by atoms with Crippen molar-refractivity contribution in [2.45, 2.75) is 38.5 Å². The van der Waals surface area contributed by atoms with E-state index in [4.69, 9.17) is 4.52 Å². The van der Waals surface area contributed by atoms with Crippen LogP contribution in [0.3, 0.4) is 0 Å². The number of nitrogens with zero attached hydrogens (tertiary/aromatic N) is 2. The third-order valence-electron chi connectivity index (χ3n) is 5.91. The zero-order chi connectivity index (χ0) is 23.8. The zero-order valence-corrected chi connectivity index (χ0v) is 19.9. The Bertz CT molecular complexity index is 1320. The van der Waals surface area contributed by atoms with E-state index in [2.05, 4.69) is 10.5 Å². The van der Waals surface area contributed by atoms with Gasteiger partial charge in [0.05, 0.1) is 10.6 Å². The molecule has 0 aliphatic heterocycles. The first-order valence-electron chi connectivity index (χ1n) is 10.8. The number of anilines is 2. The smallest absolute Gasteiger partial charge is 0.264 e. The first-order valence-corrected chi connectivity index (χ1v) is 12.2. The number of aryl methyl sites for hydroxylation is 3. The van der Waals surface area contributed by atoms with Crippen LogP contribution in [0.4, 0.5) is 11.4 Å². The van der Waals surface area contributed by atoms with Crippen LogP contribution in [0, 0.1) is 26.7 Å². The molecular formula is C25H27N3O4S. The van der Waals surface area contributed by atoms with Crippen LogP contribution in [0.15, 0.2) is 51.9 Å². The van der Waals surface area contributed by atoms with Crippen molar-refractivity contribution in [3.05, 3.63) is 70.6 Å². The molecule has 0 spiro atoms. The molecule has 1 N–H and O–H groups in total. The Morgan fingerprint density at radius 3 is 2.39 bits per heavy atom. The lowest BCUT2D eigenvalue weighted by Crippen LogP contribution is -2.26. The van der Waals surface area contributed by atoms with E-state index in [-0.39, 0.29) is 16.7 Å². The number of nitrogens with one attached hydrogen (secondary N) is 1. The van der Waals surface area contributed by atoms with Crippen molar-refractivity contribution >= 4 is 39.5 Å². The van der Waals surface area contributed by atoms with Gasteiger partial charge in [-0.3, -0.25) is 9.10 Å². The highest BCUT2D eigenvalue weighted by Gasteiger charge is 2.30. The van der Waals surface area contributed by atoms with Crippen molar-refractivity contribution < 1.29 is 17.7 Å². The summed E-state index contributed by atoms with van der Waals surface area (Å²) in [5.41, 5.74) is 4.72. The number of hydrogen-bond acceptors (Lipinski definition) is 5. The fraction of sp³-hybridized carbons (Fsp3) is 0.280. The fourth-order valence-electron chi connectivity index (χ4n) is 3.36. The van der Waals surface area contributed by atoms with Gasteiger partial charge in [-0.15, -0.1) is 0 Å². The maximum Gasteiger partial charge on any atom is 0.264 e. The van der Waals surface area contributed by atoms with Crippen molar-refractivity contribution in [2.75, 3.05) is 16.7 Å². The number of benzene rings is 2. The lowest BCUT2D eigenvalue weighted by Gasteiger charge is -2.20. The molecule has 1 saturated carbocycles. The van der Waals surface area contributed by atoms with Crippen molar-refractivity contribution in [3.63, 3.8) is 0 Å². The Hall–Kier alpha value is -3.39. The van der Waals surface area contributed by atoms with E-state index in [1.807, 2.05) is 26.0 Å². The van der Waals surface area contributed by atoms with Crippen LogP contribution in [0.1, 0.15) is 41.0 Å². The minimum atomic E-state index is -3.69. The second kappa shape index (κ2) is 8.86. The van der Waals surface area contributed by atoms with Crippen LogP contribution in [-0.2, 0) is 14.8 Å². The van der Waals surface area contributed by atoms with Gasteiger partial charge in [-0.1, -0.05) is 29.4 Å². The average Bonchev–Trinajstić information content (AvgIpc) is 3.59. The van der Waals surface area contributed by atoms with E-state index in [0.717, 1.165) is 29.5 Å². The summed E-state index contributed by atoms with van der Waals surface area (Å²) < 4.78 is 32.8. The van der Waals surface area contributed by atoms with Gasteiger partial charge < -0.3 is 9.84 Å². The fourth-order valence-corrected chi connectivity index (χ4v) is 4.55. The summed E-state index contributed by atoms with van der Waals surface area (Å²) in [5.74, 6) is 0.513. The summed E-state index contributed by atoms with van der Waals surface area (Å²) in [6.45, 7) is 5.72. The lowest BCUT2D eigenvalue weighted by atomic mass is 10.1. The molecule has 0 radical (unpaired) electrons. The van der Waals surface area contributed by atoms with E-state index >= 15 is 0 Å². The number of carbonyl (C=O) groups excluding carboxylic acids is 1. The summed E-state index contributed by atoms with van der Waals surface area (Å²) in [4.78, 5) is 12.3. The normalized spacial score (nSPS) is 13.9. The highest BCUT2D eigenvalue weighted by atomic mass is 32.2. The molecule has 2 aromatic carbocycles. The Morgan fingerprint density at radius 2 is 1.76 bits per heavy atom. The predicted molar refractivity (Wildman–Crippen MR) is 129 cm³/mol. The lowest BCUT2D eigenvalue weighted by molar-refractivity contribution is -0.117. The SMILES string of the molecule is Cc1ccc(N(C)S(=O)(=O)c2ccc(C=Cc3onc(C)c3NC(=O)C3CC3)cc2)cc1C. The topological polar surface area (TPSA) is 92.5 Å². The minimum Gasteiger partial charge on any atom is -0.354 e. The van der Waals surface area contributed by atoms with Gasteiger partial charge in [-0.2, -0.15) is 0 Å². The maximum absolute atomic E-state index is 13.1. The molecule has 1 heterocycles. The molecule has 3 aromatic rings. The van der Waals surface area contributed by atoms with Gasteiger partial charge >= 0.3 is 0 Å². The Labute approximate surface area is 194 Å². The molecule has 1 amide bonds. The number of rotatable bonds is 7. The molecule has 172 valence electrons. The highest BCUT2D eigenvalue weighted by molar-refractivity contribution is 7.92. The Morgan fingerprint density at radius 1 is 1.06 bits per heavy atom. The second-order valence-electron chi connectivity index (χ2n) is 8.41. The van der Waals surface area contributed by atoms with Gasteiger partial charge in [0.2, 0.25) is 5.91 Å². The molecular weight excluding hydrogens is 438 g/mol. The maximum atomic E-state index is 13.1. The first-order chi connectivity index (χ1) is 15.7. The molecule has 1 fully saturated rings. The Balaban J connectivity index is 1.51. The monoisotopic (exact) mass is 465 g/mol. The van der Waals surface area contributed by atoms with E-state index in [1.165, 1.54) is 4.31 Å². The highest BCUT2D eigenvalue weighted by Crippen LogP contribution is 2.32. The van der Waals surface area contributed by atoms with Crippen LogP contribution in [-0.4, -0.2) is 26.5 Å². The summed E-state index contributed by atoms with van der Waals surface area (Å²) in [5, 5.41) is 6.83. The molecule has 8 heteroatoms. The number of sulfonamides is 1. The summed E-state index contributed by atoms with van der Waals surface area (Å²) in [6.07, 6.45) is 5.33. The van der Waals surface area contributed by atoms with Gasteiger partial charge in [0.1, 0.15) is 11.4 Å². The summed E-state index contributed by atoms with van der Waals surface area (Å²) in [6, 6.07) is 12.2. The molecule has 0 saturated heterocycles. The van der Waals surface area contributed by atoms with E-state index in [9.17, 15) is 13.2 Å². The van der Waals surface area contributed by atoms with Crippen LogP contribution >= 0.6 is 0 Å². The number of carbonyl (C=O) groups is 1. The van der Waals surface area contributed by atoms with Gasteiger partial charge in [0.15, 0.2) is 5.76 Å². The van der Waals surface area contributed by atoms with Crippen LogP contribution in [0.5, 0.6) is 0 Å². The zero-order valence-electron chi connectivity index (χ0n) is 19.1. The molecule has 1 aromatic heterocycles. The minimum absolute atomic E-state index is 0.0154. The molecule has 1 aliphatic carbocycles. The molecule has 0 atom stereocenters. The molecule has 0 bridgehead atoms. The summed E-state index contributed by atoms with van der Waals surface area (Å²) >= 11 is 0. The standard InChI is InChI=1S/C25H27N3O4S/c1-16-5-11-21(15-17(16)2)28(4)33(30,31)22-12-6-19(7-13-22)8-14-23-24(18(3)27-32-23)26-25(29)20-9-10-20/h5-8,11-15,20H,9-10H2,1-4H3,(H,26,29). The quantitative estimate of drug-likeness (QED) is 0.533. The largest absolute Gasteiger partial charge is 0.354 e. The third kappa shape index (κ3) is 4.85. The van der Waals surface area contributed by atoms with Gasteiger partial charge in [0.25, 0.3) is 10.0 Å². The first kappa shape index (κ1) is 22.8. The van der Waals surface area contributed by atoms with Crippen molar-refractivity contribution in [3.8, 4) is 0 Å². The van der Waals surface area contributed by atoms with Crippen LogP contribution in [0.2, 0.25) is 0 Å². The second-order valence-corrected chi connectivity index (χ2v) is 10.4.